The Morgan fingerprint density at radius 3 is 1.02 bits per heavy atom. The van der Waals surface area contributed by atoms with Crippen LogP contribution in [0.5, 0.6) is 0 Å². The van der Waals surface area contributed by atoms with Gasteiger partial charge in [0.05, 0.1) is 5.92 Å². The third-order valence-electron chi connectivity index (χ3n) is 8.71. The van der Waals surface area contributed by atoms with Gasteiger partial charge in [0.25, 0.3) is 22.7 Å². The fraction of sp³-hybridized carbons (Fsp3) is 0.810. The zero-order chi connectivity index (χ0) is 36.4. The van der Waals surface area contributed by atoms with E-state index in [-0.39, 0.29) is 0 Å². The van der Waals surface area contributed by atoms with Gasteiger partial charge in [-0.3, -0.25) is 0 Å². The van der Waals surface area contributed by atoms with E-state index in [1.165, 1.54) is 0 Å². The molecule has 0 saturated heterocycles. The average Bonchev–Trinajstić information content (AvgIpc) is 3.13. The second-order valence-electron chi connectivity index (χ2n) is 10.9. The first-order valence-corrected chi connectivity index (χ1v) is 11.2. The standard InChI is InChI=1S/C11H6F12.C10H4F12/c1-5(2,11(21,22)23)8(16)6(14)3(12)4(13)7(15,9(6,17)18)10(8,19)20;1-2(8(16,17)18)5(13)6(14)3(11)4(12)7(15,9(5,19)20)10(6,21)22/h1-2H3;2H,1H3. The molecule has 0 aromatic rings. The molecule has 0 aliphatic heterocycles. The van der Waals surface area contributed by atoms with Crippen molar-refractivity contribution in [1.29, 1.82) is 0 Å². The van der Waals surface area contributed by atoms with Gasteiger partial charge in [0, 0.05) is 0 Å². The van der Waals surface area contributed by atoms with Gasteiger partial charge in [-0.05, 0) is 13.8 Å². The topological polar surface area (TPSA) is 0 Å². The van der Waals surface area contributed by atoms with E-state index < -0.39 is 125 Å². The number of alkyl halides is 20. The monoisotopic (exact) mass is 718 g/mol. The zero-order valence-electron chi connectivity index (χ0n) is 21.1. The molecule has 0 N–H and O–H groups in total. The second kappa shape index (κ2) is 8.44. The van der Waals surface area contributed by atoms with E-state index in [9.17, 15) is 105 Å². The maximum absolute atomic E-state index is 14.6. The van der Waals surface area contributed by atoms with Gasteiger partial charge >= 0.3 is 36.0 Å². The second-order valence-corrected chi connectivity index (χ2v) is 10.9. The van der Waals surface area contributed by atoms with Crippen molar-refractivity contribution < 1.29 is 105 Å². The lowest BCUT2D eigenvalue weighted by molar-refractivity contribution is -0.327. The fourth-order valence-electron chi connectivity index (χ4n) is 5.79. The summed E-state index contributed by atoms with van der Waals surface area (Å²) in [5.74, 6) is -44.8. The van der Waals surface area contributed by atoms with E-state index >= 15 is 0 Å². The van der Waals surface area contributed by atoms with Gasteiger partial charge in [-0.2, -0.15) is 61.5 Å². The molecule has 0 radical (unpaired) electrons. The summed E-state index contributed by atoms with van der Waals surface area (Å²) in [4.78, 5) is 0. The Labute approximate surface area is 232 Å². The van der Waals surface area contributed by atoms with Crippen LogP contribution in [0.25, 0.3) is 0 Å². The average molecular weight is 718 g/mol. The van der Waals surface area contributed by atoms with Crippen molar-refractivity contribution in [2.45, 2.75) is 90.8 Å². The highest BCUT2D eigenvalue weighted by Gasteiger charge is 3.08. The van der Waals surface area contributed by atoms with Crippen molar-refractivity contribution in [1.82, 2.24) is 0 Å². The minimum atomic E-state index is -6.56. The van der Waals surface area contributed by atoms with E-state index in [1.54, 1.807) is 0 Å². The molecule has 45 heavy (non-hydrogen) atoms. The lowest BCUT2D eigenvalue weighted by atomic mass is 9.64. The molecule has 4 bridgehead atoms. The van der Waals surface area contributed by atoms with Crippen LogP contribution in [-0.4, -0.2) is 70.1 Å². The van der Waals surface area contributed by atoms with Gasteiger partial charge in [0.1, 0.15) is 5.41 Å². The minimum absolute atomic E-state index is 0.479. The molecule has 0 amide bonds. The first-order valence-electron chi connectivity index (χ1n) is 11.2. The van der Waals surface area contributed by atoms with E-state index in [0.29, 0.717) is 0 Å². The quantitative estimate of drug-likeness (QED) is 0.250. The normalized spacial score (nSPS) is 43.5. The number of fused-ring (bicyclic) bond motifs is 4. The Bertz CT molecular complexity index is 1370. The molecule has 0 heterocycles. The van der Waals surface area contributed by atoms with Crippen LogP contribution in [0.3, 0.4) is 0 Å². The first-order chi connectivity index (χ1) is 19.3. The van der Waals surface area contributed by atoms with Crippen LogP contribution in [0.2, 0.25) is 0 Å². The predicted octanol–water partition coefficient (Wildman–Crippen LogP) is 9.91. The highest BCUT2D eigenvalue weighted by atomic mass is 19.4. The number of halogens is 24. The Morgan fingerprint density at radius 2 is 0.733 bits per heavy atom. The van der Waals surface area contributed by atoms with E-state index in [4.69, 9.17) is 0 Å². The zero-order valence-corrected chi connectivity index (χ0v) is 21.1. The number of hydrogen-bond acceptors (Lipinski definition) is 0. The van der Waals surface area contributed by atoms with Gasteiger partial charge in [0.15, 0.2) is 23.3 Å². The molecule has 0 aromatic carbocycles. The van der Waals surface area contributed by atoms with E-state index in [1.807, 2.05) is 0 Å². The highest BCUT2D eigenvalue weighted by molar-refractivity contribution is 5.56. The van der Waals surface area contributed by atoms with E-state index in [0.717, 1.165) is 0 Å². The lowest BCUT2D eigenvalue weighted by Gasteiger charge is -2.48. The van der Waals surface area contributed by atoms with Crippen LogP contribution in [-0.2, 0) is 0 Å². The van der Waals surface area contributed by atoms with Crippen LogP contribution in [0.15, 0.2) is 23.3 Å². The maximum atomic E-state index is 14.6. The number of hydrogen-bond donors (Lipinski definition) is 0. The third-order valence-corrected chi connectivity index (χ3v) is 8.71. The molecule has 4 aliphatic rings. The van der Waals surface area contributed by atoms with Crippen molar-refractivity contribution in [2.24, 2.45) is 11.3 Å². The molecule has 0 nitrogen and oxygen atoms in total. The Kier molecular flexibility index (Phi) is 6.99. The molecule has 24 heteroatoms. The van der Waals surface area contributed by atoms with Crippen LogP contribution in [0.4, 0.5) is 105 Å². The van der Waals surface area contributed by atoms with Crippen LogP contribution in [0, 0.1) is 11.3 Å². The van der Waals surface area contributed by atoms with Crippen molar-refractivity contribution >= 4 is 0 Å². The smallest absolute Gasteiger partial charge is 0.232 e. The molecule has 2 saturated carbocycles. The largest absolute Gasteiger partial charge is 0.397 e. The third kappa shape index (κ3) is 2.95. The van der Waals surface area contributed by atoms with Crippen LogP contribution in [0.1, 0.15) is 20.8 Å². The Hall–Kier alpha value is -2.20. The molecular formula is C21H10F24. The van der Waals surface area contributed by atoms with Crippen molar-refractivity contribution in [3.63, 3.8) is 0 Å². The molecule has 7 atom stereocenters. The minimum Gasteiger partial charge on any atom is -0.232 e. The first kappa shape index (κ1) is 37.3. The molecule has 7 unspecified atom stereocenters. The summed E-state index contributed by atoms with van der Waals surface area (Å²) in [5.41, 5.74) is -41.7. The molecule has 2 fully saturated rings. The van der Waals surface area contributed by atoms with Crippen LogP contribution < -0.4 is 0 Å². The SMILES string of the molecule is CC(C(F)(F)F)C1(F)C(F)(F)C2(F)C(F)=C(F)C1(F)C2(F)F.CC(C)(C(F)(F)F)C1(F)C(F)(F)C2(F)C(F)=C(F)C1(F)C2(F)F. The molecule has 4 aliphatic carbocycles. The summed E-state index contributed by atoms with van der Waals surface area (Å²) in [6.45, 7) is -1.46. The summed E-state index contributed by atoms with van der Waals surface area (Å²) >= 11 is 0. The number of allylic oxidation sites excluding steroid dienone is 4. The van der Waals surface area contributed by atoms with Crippen molar-refractivity contribution in [3.8, 4) is 0 Å². The molecule has 262 valence electrons. The Balaban J connectivity index is 0.000000246. The molecule has 4 rings (SSSR count). The summed E-state index contributed by atoms with van der Waals surface area (Å²) in [6, 6.07) is 0. The molecular weight excluding hydrogens is 708 g/mol. The molecule has 0 aromatic heterocycles. The van der Waals surface area contributed by atoms with Gasteiger partial charge < -0.3 is 0 Å². The van der Waals surface area contributed by atoms with Gasteiger partial charge in [-0.1, -0.05) is 6.92 Å². The summed E-state index contributed by atoms with van der Waals surface area (Å²) in [5, 5.41) is 0. The summed E-state index contributed by atoms with van der Waals surface area (Å²) in [7, 11) is 0. The van der Waals surface area contributed by atoms with Gasteiger partial charge in [-0.25, -0.2) is 43.9 Å². The van der Waals surface area contributed by atoms with Crippen LogP contribution >= 0.6 is 0 Å². The van der Waals surface area contributed by atoms with Gasteiger partial charge in [0.2, 0.25) is 11.3 Å². The van der Waals surface area contributed by atoms with Crippen molar-refractivity contribution in [2.75, 3.05) is 0 Å². The summed E-state index contributed by atoms with van der Waals surface area (Å²) < 4.78 is 322. The maximum Gasteiger partial charge on any atom is 0.397 e. The molecule has 0 spiro atoms. The van der Waals surface area contributed by atoms with E-state index in [2.05, 4.69) is 0 Å². The summed E-state index contributed by atoms with van der Waals surface area (Å²) in [6.07, 6.45) is -12.2. The number of rotatable bonds is 2. The highest BCUT2D eigenvalue weighted by Crippen LogP contribution is 2.82. The fourth-order valence-corrected chi connectivity index (χ4v) is 5.79. The Morgan fingerprint density at radius 1 is 0.444 bits per heavy atom. The predicted molar refractivity (Wildman–Crippen MR) is 96.4 cm³/mol. The van der Waals surface area contributed by atoms with Crippen molar-refractivity contribution in [3.05, 3.63) is 23.3 Å². The lowest BCUT2D eigenvalue weighted by Crippen LogP contribution is -2.70. The van der Waals surface area contributed by atoms with Gasteiger partial charge in [-0.15, -0.1) is 0 Å².